The fraction of sp³-hybridized carbons (Fsp3) is 0.214. The topological polar surface area (TPSA) is 9.23 Å². The van der Waals surface area contributed by atoms with Crippen LogP contribution in [0.1, 0.15) is 31.7 Å². The van der Waals surface area contributed by atoms with E-state index in [1.54, 1.807) is 6.07 Å². The predicted octanol–water partition coefficient (Wildman–Crippen LogP) is 8.94. The molecule has 33 heavy (non-hydrogen) atoms. The van der Waals surface area contributed by atoms with Gasteiger partial charge in [-0.2, -0.15) is 0 Å². The minimum absolute atomic E-state index is 0.315. The zero-order valence-corrected chi connectivity index (χ0v) is 18.3. The van der Waals surface area contributed by atoms with Crippen LogP contribution < -0.4 is 4.74 Å². The molecule has 0 atom stereocenters. The number of hydrogen-bond acceptors (Lipinski definition) is 1. The third-order valence-corrected chi connectivity index (χ3v) is 5.67. The number of rotatable bonds is 7. The summed E-state index contributed by atoms with van der Waals surface area (Å²) in [6, 6.07) is 22.6. The zero-order valence-electron chi connectivity index (χ0n) is 18.3. The Labute approximate surface area is 190 Å². The van der Waals surface area contributed by atoms with E-state index in [2.05, 4.69) is 35.9 Å². The van der Waals surface area contributed by atoms with Gasteiger partial charge in [-0.15, -0.1) is 13.2 Å². The Morgan fingerprint density at radius 3 is 2.03 bits per heavy atom. The molecule has 0 saturated heterocycles. The molecule has 0 fully saturated rings. The molecule has 0 aromatic heterocycles. The van der Waals surface area contributed by atoms with Crippen molar-refractivity contribution in [1.82, 2.24) is 0 Å². The molecule has 4 aromatic rings. The van der Waals surface area contributed by atoms with Gasteiger partial charge in [0.25, 0.3) is 0 Å². The first kappa shape index (κ1) is 22.8. The molecule has 1 nitrogen and oxygen atoms in total. The van der Waals surface area contributed by atoms with Gasteiger partial charge in [-0.3, -0.25) is 0 Å². The summed E-state index contributed by atoms with van der Waals surface area (Å²) in [7, 11) is 0. The van der Waals surface area contributed by atoms with Crippen LogP contribution in [0.5, 0.6) is 5.75 Å². The van der Waals surface area contributed by atoms with Crippen molar-refractivity contribution in [3.05, 3.63) is 90.2 Å². The van der Waals surface area contributed by atoms with E-state index < -0.39 is 12.2 Å². The van der Waals surface area contributed by atoms with E-state index in [9.17, 15) is 17.6 Å². The minimum Gasteiger partial charge on any atom is -0.406 e. The van der Waals surface area contributed by atoms with Crippen molar-refractivity contribution in [3.63, 3.8) is 0 Å². The molecule has 0 bridgehead atoms. The Morgan fingerprint density at radius 1 is 0.697 bits per heavy atom. The molecule has 0 spiro atoms. The summed E-state index contributed by atoms with van der Waals surface area (Å²) in [5, 5.41) is 2.25. The Kier molecular flexibility index (Phi) is 6.68. The molecular weight excluding hydrogens is 428 g/mol. The third kappa shape index (κ3) is 5.72. The molecule has 5 heteroatoms. The standard InChI is InChI=1S/C28H24F4O/c1-2-3-4-5-19-6-7-22-17-23(9-8-21(22)16-19)24-12-15-26(27(29)18-24)20-10-13-25(14-11-20)33-28(30,31)32/h6-18H,2-5H2,1H3. The molecule has 170 valence electrons. The molecule has 0 aliphatic rings. The van der Waals surface area contributed by atoms with Crippen LogP contribution in [0.15, 0.2) is 78.9 Å². The lowest BCUT2D eigenvalue weighted by Gasteiger charge is -2.11. The van der Waals surface area contributed by atoms with Crippen LogP contribution in [0.25, 0.3) is 33.0 Å². The number of alkyl halides is 3. The second kappa shape index (κ2) is 9.65. The van der Waals surface area contributed by atoms with Crippen molar-refractivity contribution in [3.8, 4) is 28.0 Å². The molecule has 0 amide bonds. The molecule has 0 aliphatic heterocycles. The van der Waals surface area contributed by atoms with E-state index in [4.69, 9.17) is 0 Å². The first-order valence-electron chi connectivity index (χ1n) is 11.0. The van der Waals surface area contributed by atoms with Gasteiger partial charge in [-0.1, -0.05) is 74.4 Å². The second-order valence-corrected chi connectivity index (χ2v) is 8.12. The van der Waals surface area contributed by atoms with Crippen LogP contribution in [0.3, 0.4) is 0 Å². The fourth-order valence-electron chi connectivity index (χ4n) is 3.97. The van der Waals surface area contributed by atoms with Crippen molar-refractivity contribution in [2.24, 2.45) is 0 Å². The zero-order chi connectivity index (χ0) is 23.4. The summed E-state index contributed by atoms with van der Waals surface area (Å²) in [5.41, 5.74) is 3.76. The molecule has 0 aliphatic carbocycles. The Balaban J connectivity index is 1.55. The molecular formula is C28H24F4O. The highest BCUT2D eigenvalue weighted by atomic mass is 19.4. The second-order valence-electron chi connectivity index (χ2n) is 8.12. The lowest BCUT2D eigenvalue weighted by molar-refractivity contribution is -0.274. The van der Waals surface area contributed by atoms with Crippen LogP contribution in [0, 0.1) is 5.82 Å². The quantitative estimate of drug-likeness (QED) is 0.201. The van der Waals surface area contributed by atoms with Crippen LogP contribution in [-0.2, 0) is 6.42 Å². The Morgan fingerprint density at radius 2 is 1.33 bits per heavy atom. The monoisotopic (exact) mass is 452 g/mol. The van der Waals surface area contributed by atoms with Gasteiger partial charge < -0.3 is 4.74 Å². The molecule has 0 saturated carbocycles. The lowest BCUT2D eigenvalue weighted by atomic mass is 9.96. The highest BCUT2D eigenvalue weighted by Crippen LogP contribution is 2.32. The average Bonchev–Trinajstić information content (AvgIpc) is 2.78. The van der Waals surface area contributed by atoms with Crippen molar-refractivity contribution in [2.75, 3.05) is 0 Å². The molecule has 0 radical (unpaired) electrons. The van der Waals surface area contributed by atoms with Crippen molar-refractivity contribution in [2.45, 2.75) is 39.0 Å². The van der Waals surface area contributed by atoms with E-state index in [-0.39, 0.29) is 5.75 Å². The largest absolute Gasteiger partial charge is 0.573 e. The predicted molar refractivity (Wildman–Crippen MR) is 125 cm³/mol. The SMILES string of the molecule is CCCCCc1ccc2cc(-c3ccc(-c4ccc(OC(F)(F)F)cc4)c(F)c3)ccc2c1. The van der Waals surface area contributed by atoms with Gasteiger partial charge in [0.1, 0.15) is 11.6 Å². The summed E-state index contributed by atoms with van der Waals surface area (Å²) in [4.78, 5) is 0. The van der Waals surface area contributed by atoms with Crippen LogP contribution in [0.4, 0.5) is 17.6 Å². The van der Waals surface area contributed by atoms with Crippen LogP contribution >= 0.6 is 0 Å². The van der Waals surface area contributed by atoms with Gasteiger partial charge >= 0.3 is 6.36 Å². The van der Waals surface area contributed by atoms with E-state index in [1.807, 2.05) is 18.2 Å². The maximum Gasteiger partial charge on any atom is 0.573 e. The van der Waals surface area contributed by atoms with Gasteiger partial charge in [-0.05, 0) is 70.1 Å². The first-order chi connectivity index (χ1) is 15.8. The Bertz CT molecular complexity index is 1240. The van der Waals surface area contributed by atoms with E-state index >= 15 is 0 Å². The van der Waals surface area contributed by atoms with Gasteiger partial charge in [0.2, 0.25) is 0 Å². The number of fused-ring (bicyclic) bond motifs is 1. The summed E-state index contributed by atoms with van der Waals surface area (Å²) in [6.45, 7) is 2.19. The number of unbranched alkanes of at least 4 members (excludes halogenated alkanes) is 2. The van der Waals surface area contributed by atoms with Crippen molar-refractivity contribution < 1.29 is 22.3 Å². The number of aryl methyl sites for hydroxylation is 1. The first-order valence-corrected chi connectivity index (χ1v) is 11.0. The molecule has 0 N–H and O–H groups in total. The minimum atomic E-state index is -4.76. The molecule has 4 aromatic carbocycles. The number of benzene rings is 4. The number of ether oxygens (including phenoxy) is 1. The Hall–Kier alpha value is -3.34. The van der Waals surface area contributed by atoms with Gasteiger partial charge in [-0.25, -0.2) is 4.39 Å². The highest BCUT2D eigenvalue weighted by molar-refractivity contribution is 5.88. The summed E-state index contributed by atoms with van der Waals surface area (Å²) >= 11 is 0. The van der Waals surface area contributed by atoms with E-state index in [1.165, 1.54) is 55.2 Å². The maximum atomic E-state index is 14.9. The lowest BCUT2D eigenvalue weighted by Crippen LogP contribution is -2.16. The van der Waals surface area contributed by atoms with Crippen LogP contribution in [0.2, 0.25) is 0 Å². The number of halogens is 4. The summed E-state index contributed by atoms with van der Waals surface area (Å²) in [5.74, 6) is -0.781. The number of hydrogen-bond donors (Lipinski definition) is 0. The van der Waals surface area contributed by atoms with E-state index in [0.29, 0.717) is 11.1 Å². The molecule has 0 heterocycles. The molecule has 0 unspecified atom stereocenters. The van der Waals surface area contributed by atoms with Crippen LogP contribution in [-0.4, -0.2) is 6.36 Å². The van der Waals surface area contributed by atoms with Crippen molar-refractivity contribution in [1.29, 1.82) is 0 Å². The summed E-state index contributed by atoms with van der Waals surface area (Å²) < 4.78 is 55.8. The highest BCUT2D eigenvalue weighted by Gasteiger charge is 2.31. The van der Waals surface area contributed by atoms with Crippen molar-refractivity contribution >= 4 is 10.8 Å². The van der Waals surface area contributed by atoms with Gasteiger partial charge in [0.15, 0.2) is 0 Å². The third-order valence-electron chi connectivity index (χ3n) is 5.67. The van der Waals surface area contributed by atoms with Gasteiger partial charge in [0.05, 0.1) is 0 Å². The van der Waals surface area contributed by atoms with Gasteiger partial charge in [0, 0.05) is 5.56 Å². The fourth-order valence-corrected chi connectivity index (χ4v) is 3.97. The maximum absolute atomic E-state index is 14.9. The average molecular weight is 452 g/mol. The smallest absolute Gasteiger partial charge is 0.406 e. The normalized spacial score (nSPS) is 11.7. The summed E-state index contributed by atoms with van der Waals surface area (Å²) in [6.07, 6.45) is -0.0791. The molecule has 4 rings (SSSR count). The van der Waals surface area contributed by atoms with E-state index in [0.717, 1.165) is 28.3 Å².